The van der Waals surface area contributed by atoms with E-state index in [-0.39, 0.29) is 23.2 Å². The highest BCUT2D eigenvalue weighted by Gasteiger charge is 2.45. The van der Waals surface area contributed by atoms with E-state index in [2.05, 4.69) is 17.2 Å². The van der Waals surface area contributed by atoms with Crippen molar-refractivity contribution < 1.29 is 32.6 Å². The Labute approximate surface area is 216 Å². The second-order valence-corrected chi connectivity index (χ2v) is 9.56. The largest absolute Gasteiger partial charge is 0.494 e. The summed E-state index contributed by atoms with van der Waals surface area (Å²) in [6.45, 7) is 2.49. The molecule has 1 N–H and O–H groups in total. The van der Waals surface area contributed by atoms with Crippen molar-refractivity contribution >= 4 is 22.7 Å². The monoisotopic (exact) mass is 531 g/mol. The molecule has 3 aromatic rings. The minimum absolute atomic E-state index is 0.00583. The molecule has 0 amide bonds. The van der Waals surface area contributed by atoms with Gasteiger partial charge in [0.2, 0.25) is 0 Å². The molecule has 11 heteroatoms. The van der Waals surface area contributed by atoms with Crippen molar-refractivity contribution in [2.45, 2.75) is 51.7 Å². The molecule has 38 heavy (non-hydrogen) atoms. The van der Waals surface area contributed by atoms with Crippen LogP contribution in [-0.2, 0) is 17.5 Å². The quantitative estimate of drug-likeness (QED) is 0.290. The Morgan fingerprint density at radius 2 is 1.84 bits per heavy atom. The molecule has 1 heterocycles. The average molecular weight is 532 g/mol. The predicted molar refractivity (Wildman–Crippen MR) is 132 cm³/mol. The fourth-order valence-electron chi connectivity index (χ4n) is 5.02. The van der Waals surface area contributed by atoms with Gasteiger partial charge in [-0.2, -0.15) is 13.2 Å². The zero-order valence-electron chi connectivity index (χ0n) is 20.8. The third-order valence-electron chi connectivity index (χ3n) is 7.02. The van der Waals surface area contributed by atoms with E-state index in [1.807, 2.05) is 0 Å². The van der Waals surface area contributed by atoms with Crippen LogP contribution in [0, 0.1) is 17.8 Å². The number of carbonyl (C=O) groups excluding carboxylic acids is 1. The van der Waals surface area contributed by atoms with Crippen LogP contribution in [-0.4, -0.2) is 38.5 Å². The van der Waals surface area contributed by atoms with E-state index >= 15 is 0 Å². The number of alkyl halides is 3. The highest BCUT2D eigenvalue weighted by Crippen LogP contribution is 2.40. The van der Waals surface area contributed by atoms with E-state index in [0.717, 1.165) is 42.1 Å². The molecule has 1 aliphatic rings. The lowest BCUT2D eigenvalue weighted by atomic mass is 9.84. The molecular formula is C27H28F3N3O5. The smallest absolute Gasteiger partial charge is 0.416 e. The minimum atomic E-state index is -4.64. The summed E-state index contributed by atoms with van der Waals surface area (Å²) >= 11 is 0. The summed E-state index contributed by atoms with van der Waals surface area (Å²) in [5, 5.41) is 17.3. The van der Waals surface area contributed by atoms with Gasteiger partial charge in [0.15, 0.2) is 5.78 Å². The molecule has 1 aromatic heterocycles. The molecule has 0 saturated heterocycles. The van der Waals surface area contributed by atoms with Gasteiger partial charge in [0.1, 0.15) is 11.3 Å². The molecule has 2 aromatic carbocycles. The predicted octanol–water partition coefficient (Wildman–Crippen LogP) is 4.99. The van der Waals surface area contributed by atoms with Gasteiger partial charge in [-0.1, -0.05) is 25.0 Å². The standard InChI is InChI=1S/C27H28F3N3O5/c1-2-3-4-13-38-19-9-5-16(6-10-19)24(34)20-11-7-17(23(20)26(36)37)15-33-25(35)21-14-18(27(28,29)30)8-12-22(21)31-32-33/h5-6,8-10,12,14,17,20,23H,2-4,7,11,13,15H2,1H3,(H,36,37)/t17-,20-,23-/m0/s1. The first-order valence-electron chi connectivity index (χ1n) is 12.5. The molecule has 1 fully saturated rings. The van der Waals surface area contributed by atoms with E-state index in [4.69, 9.17) is 4.74 Å². The lowest BCUT2D eigenvalue weighted by Crippen LogP contribution is -2.34. The van der Waals surface area contributed by atoms with E-state index < -0.39 is 41.0 Å². The van der Waals surface area contributed by atoms with Crippen molar-refractivity contribution in [1.82, 2.24) is 15.0 Å². The van der Waals surface area contributed by atoms with Gasteiger partial charge in [0.05, 0.1) is 30.0 Å². The van der Waals surface area contributed by atoms with Crippen LogP contribution in [0.5, 0.6) is 5.75 Å². The van der Waals surface area contributed by atoms with Crippen LogP contribution >= 0.6 is 0 Å². The van der Waals surface area contributed by atoms with Crippen LogP contribution in [0.3, 0.4) is 0 Å². The molecule has 202 valence electrons. The molecule has 1 aliphatic carbocycles. The Kier molecular flexibility index (Phi) is 8.13. The number of ether oxygens (including phenoxy) is 1. The first-order valence-corrected chi connectivity index (χ1v) is 12.5. The Hall–Kier alpha value is -3.76. The van der Waals surface area contributed by atoms with E-state index in [9.17, 15) is 32.7 Å². The number of hydrogen-bond donors (Lipinski definition) is 1. The van der Waals surface area contributed by atoms with Crippen molar-refractivity contribution in [2.75, 3.05) is 6.61 Å². The van der Waals surface area contributed by atoms with Crippen LogP contribution in [0.2, 0.25) is 0 Å². The van der Waals surface area contributed by atoms with Gasteiger partial charge >= 0.3 is 12.1 Å². The summed E-state index contributed by atoms with van der Waals surface area (Å²) in [6.07, 6.45) is -0.951. The number of unbranched alkanes of at least 4 members (excludes halogenated alkanes) is 2. The number of aliphatic carboxylic acids is 1. The van der Waals surface area contributed by atoms with Crippen LogP contribution in [0.15, 0.2) is 47.3 Å². The van der Waals surface area contributed by atoms with Gasteiger partial charge < -0.3 is 9.84 Å². The Morgan fingerprint density at radius 3 is 2.50 bits per heavy atom. The molecule has 3 atom stereocenters. The first kappa shape index (κ1) is 27.3. The average Bonchev–Trinajstić information content (AvgIpc) is 3.31. The van der Waals surface area contributed by atoms with Crippen molar-refractivity contribution in [2.24, 2.45) is 17.8 Å². The van der Waals surface area contributed by atoms with Crippen LogP contribution in [0.1, 0.15) is 54.9 Å². The summed E-state index contributed by atoms with van der Waals surface area (Å²) in [5.74, 6) is -3.39. The third kappa shape index (κ3) is 5.87. The third-order valence-corrected chi connectivity index (χ3v) is 7.02. The molecule has 0 radical (unpaired) electrons. The topological polar surface area (TPSA) is 111 Å². The Bertz CT molecular complexity index is 1370. The van der Waals surface area contributed by atoms with Crippen molar-refractivity contribution in [3.05, 3.63) is 63.9 Å². The number of hydrogen-bond acceptors (Lipinski definition) is 6. The highest BCUT2D eigenvalue weighted by atomic mass is 19.4. The lowest BCUT2D eigenvalue weighted by Gasteiger charge is -2.20. The molecule has 1 saturated carbocycles. The zero-order valence-corrected chi connectivity index (χ0v) is 20.8. The van der Waals surface area contributed by atoms with Gasteiger partial charge in [-0.05, 0) is 67.6 Å². The number of fused-ring (bicyclic) bond motifs is 1. The van der Waals surface area contributed by atoms with Gasteiger partial charge in [-0.3, -0.25) is 14.4 Å². The number of carboxylic acids is 1. The summed E-state index contributed by atoms with van der Waals surface area (Å²) in [7, 11) is 0. The van der Waals surface area contributed by atoms with Crippen molar-refractivity contribution in [3.63, 3.8) is 0 Å². The number of carbonyl (C=O) groups is 2. The molecule has 0 spiro atoms. The second kappa shape index (κ2) is 11.3. The number of carboxylic acid groups (broad SMARTS) is 1. The normalized spacial score (nSPS) is 19.5. The molecule has 8 nitrogen and oxygen atoms in total. The second-order valence-electron chi connectivity index (χ2n) is 9.56. The number of benzene rings is 2. The maximum absolute atomic E-state index is 13.2. The van der Waals surface area contributed by atoms with Crippen molar-refractivity contribution in [1.29, 1.82) is 0 Å². The summed E-state index contributed by atoms with van der Waals surface area (Å²) in [6, 6.07) is 9.20. The van der Waals surface area contributed by atoms with Crippen LogP contribution < -0.4 is 10.3 Å². The number of nitrogens with zero attached hydrogens (tertiary/aromatic N) is 3. The molecule has 4 rings (SSSR count). The van der Waals surface area contributed by atoms with E-state index in [1.54, 1.807) is 24.3 Å². The Morgan fingerprint density at radius 1 is 1.11 bits per heavy atom. The van der Waals surface area contributed by atoms with Crippen molar-refractivity contribution in [3.8, 4) is 5.75 Å². The van der Waals surface area contributed by atoms with Crippen LogP contribution in [0.4, 0.5) is 13.2 Å². The van der Waals surface area contributed by atoms with Crippen LogP contribution in [0.25, 0.3) is 10.9 Å². The zero-order chi connectivity index (χ0) is 27.4. The fraction of sp³-hybridized carbons (Fsp3) is 0.444. The molecule has 0 unspecified atom stereocenters. The lowest BCUT2D eigenvalue weighted by molar-refractivity contribution is -0.144. The van der Waals surface area contributed by atoms with E-state index in [0.29, 0.717) is 30.8 Å². The van der Waals surface area contributed by atoms with Gasteiger partial charge in [-0.15, -0.1) is 5.10 Å². The summed E-state index contributed by atoms with van der Waals surface area (Å²) < 4.78 is 45.9. The number of ketones is 1. The maximum atomic E-state index is 13.2. The Balaban J connectivity index is 1.51. The van der Waals surface area contributed by atoms with Gasteiger partial charge in [-0.25, -0.2) is 4.68 Å². The summed E-state index contributed by atoms with van der Waals surface area (Å²) in [4.78, 5) is 38.4. The SMILES string of the molecule is CCCCCOc1ccc(C(=O)[C@H]2CC[C@@H](Cn3nnc4ccc(C(F)(F)F)cc4c3=O)[C@@H]2C(=O)O)cc1. The fourth-order valence-corrected chi connectivity index (χ4v) is 5.02. The maximum Gasteiger partial charge on any atom is 0.416 e. The van der Waals surface area contributed by atoms with E-state index in [1.165, 1.54) is 0 Å². The number of aromatic nitrogens is 3. The molecular weight excluding hydrogens is 503 g/mol. The number of Topliss-reactive ketones (excluding diaryl/α,β-unsaturated/α-hetero) is 1. The number of rotatable bonds is 10. The van der Waals surface area contributed by atoms with Gasteiger partial charge in [0.25, 0.3) is 5.56 Å². The van der Waals surface area contributed by atoms with Gasteiger partial charge in [0, 0.05) is 11.5 Å². The highest BCUT2D eigenvalue weighted by molar-refractivity contribution is 6.00. The summed E-state index contributed by atoms with van der Waals surface area (Å²) in [5.41, 5.74) is -1.42. The minimum Gasteiger partial charge on any atom is -0.494 e. The molecule has 0 aliphatic heterocycles. The number of halogens is 3. The molecule has 0 bridgehead atoms. The first-order chi connectivity index (χ1) is 18.1.